The number of halogens is 2. The van der Waals surface area contributed by atoms with E-state index in [0.29, 0.717) is 25.1 Å². The van der Waals surface area contributed by atoms with E-state index in [2.05, 4.69) is 0 Å². The van der Waals surface area contributed by atoms with Gasteiger partial charge in [-0.3, -0.25) is 9.59 Å². The van der Waals surface area contributed by atoms with Gasteiger partial charge in [0.15, 0.2) is 0 Å². The maximum atomic E-state index is 13.1. The van der Waals surface area contributed by atoms with Crippen molar-refractivity contribution in [2.24, 2.45) is 11.8 Å². The normalized spacial score (nSPS) is 22.6. The van der Waals surface area contributed by atoms with Crippen LogP contribution in [-0.2, 0) is 4.79 Å². The average Bonchev–Trinajstić information content (AvgIpc) is 2.40. The lowest BCUT2D eigenvalue weighted by molar-refractivity contribution is -0.145. The Labute approximate surface area is 121 Å². The molecule has 0 bridgehead atoms. The number of piperidine rings is 1. The maximum absolute atomic E-state index is 13.1. The lowest BCUT2D eigenvalue weighted by Gasteiger charge is -2.35. The van der Waals surface area contributed by atoms with Gasteiger partial charge in [0.1, 0.15) is 5.82 Å². The van der Waals surface area contributed by atoms with E-state index >= 15 is 0 Å². The molecule has 4 nitrogen and oxygen atoms in total. The summed E-state index contributed by atoms with van der Waals surface area (Å²) in [6.45, 7) is 2.58. The highest BCUT2D eigenvalue weighted by atomic mass is 35.5. The Morgan fingerprint density at radius 3 is 2.70 bits per heavy atom. The predicted octanol–water partition coefficient (Wildman–Crippen LogP) is 2.66. The van der Waals surface area contributed by atoms with Crippen LogP contribution in [0, 0.1) is 17.7 Å². The Kier molecular flexibility index (Phi) is 4.28. The van der Waals surface area contributed by atoms with Gasteiger partial charge in [0.25, 0.3) is 5.91 Å². The highest BCUT2D eigenvalue weighted by Gasteiger charge is 2.33. The molecule has 0 radical (unpaired) electrons. The van der Waals surface area contributed by atoms with E-state index in [1.165, 1.54) is 12.1 Å². The minimum atomic E-state index is -0.825. The Morgan fingerprint density at radius 2 is 2.15 bits per heavy atom. The summed E-state index contributed by atoms with van der Waals surface area (Å²) in [7, 11) is 0. The van der Waals surface area contributed by atoms with Crippen molar-refractivity contribution in [3.63, 3.8) is 0 Å². The average molecular weight is 300 g/mol. The molecule has 0 aliphatic carbocycles. The molecule has 6 heteroatoms. The number of carbonyl (C=O) groups is 2. The van der Waals surface area contributed by atoms with Crippen LogP contribution in [0.3, 0.4) is 0 Å². The second-order valence-electron chi connectivity index (χ2n) is 5.09. The number of benzene rings is 1. The van der Waals surface area contributed by atoms with Crippen molar-refractivity contribution in [3.8, 4) is 0 Å². The molecule has 1 saturated heterocycles. The molecular weight excluding hydrogens is 285 g/mol. The van der Waals surface area contributed by atoms with E-state index in [1.54, 1.807) is 4.90 Å². The van der Waals surface area contributed by atoms with Crippen LogP contribution in [0.1, 0.15) is 23.7 Å². The molecule has 1 aliphatic heterocycles. The van der Waals surface area contributed by atoms with Crippen molar-refractivity contribution in [1.82, 2.24) is 4.90 Å². The first kappa shape index (κ1) is 14.8. The number of carbonyl (C=O) groups excluding carboxylic acids is 1. The summed E-state index contributed by atoms with van der Waals surface area (Å²) in [5, 5.41) is 8.96. The number of carboxylic acid groups (broad SMARTS) is 1. The Hall–Kier alpha value is -1.62. The molecule has 1 aliphatic rings. The molecule has 1 N–H and O–H groups in total. The van der Waals surface area contributed by atoms with E-state index in [4.69, 9.17) is 16.7 Å². The van der Waals surface area contributed by atoms with Crippen LogP contribution in [-0.4, -0.2) is 35.0 Å². The van der Waals surface area contributed by atoms with E-state index in [-0.39, 0.29) is 16.8 Å². The summed E-state index contributed by atoms with van der Waals surface area (Å²) in [6.07, 6.45) is 0.428. The third-order valence-corrected chi connectivity index (χ3v) is 3.97. The smallest absolute Gasteiger partial charge is 0.306 e. The van der Waals surface area contributed by atoms with Crippen molar-refractivity contribution in [2.45, 2.75) is 13.3 Å². The van der Waals surface area contributed by atoms with Crippen LogP contribution in [0.5, 0.6) is 0 Å². The number of aliphatic carboxylic acids is 1. The number of carboxylic acids is 1. The third-order valence-electron chi connectivity index (χ3n) is 3.68. The number of hydrogen-bond donors (Lipinski definition) is 1. The molecule has 2 rings (SSSR count). The van der Waals surface area contributed by atoms with Gasteiger partial charge in [-0.15, -0.1) is 0 Å². The molecule has 20 heavy (non-hydrogen) atoms. The SMILES string of the molecule is CC1CN(C(=O)c2ccc(F)c(Cl)c2)CCC1C(=O)O. The number of hydrogen-bond acceptors (Lipinski definition) is 2. The highest BCUT2D eigenvalue weighted by Crippen LogP contribution is 2.25. The zero-order valence-corrected chi connectivity index (χ0v) is 11.7. The van der Waals surface area contributed by atoms with Crippen LogP contribution in [0.4, 0.5) is 4.39 Å². The third kappa shape index (κ3) is 2.93. The van der Waals surface area contributed by atoms with Crippen LogP contribution < -0.4 is 0 Å². The van der Waals surface area contributed by atoms with E-state index < -0.39 is 17.7 Å². The monoisotopic (exact) mass is 299 g/mol. The number of amides is 1. The zero-order valence-electron chi connectivity index (χ0n) is 11.0. The Morgan fingerprint density at radius 1 is 1.45 bits per heavy atom. The van der Waals surface area contributed by atoms with Gasteiger partial charge in [0, 0.05) is 18.7 Å². The molecule has 1 aromatic rings. The fraction of sp³-hybridized carbons (Fsp3) is 0.429. The maximum Gasteiger partial charge on any atom is 0.306 e. The van der Waals surface area contributed by atoms with Crippen molar-refractivity contribution in [2.75, 3.05) is 13.1 Å². The van der Waals surface area contributed by atoms with Crippen LogP contribution >= 0.6 is 11.6 Å². The lowest BCUT2D eigenvalue weighted by Crippen LogP contribution is -2.45. The molecule has 1 amide bonds. The summed E-state index contributed by atoms with van der Waals surface area (Å²) in [4.78, 5) is 24.9. The van der Waals surface area contributed by atoms with Gasteiger partial charge < -0.3 is 10.0 Å². The topological polar surface area (TPSA) is 57.6 Å². The highest BCUT2D eigenvalue weighted by molar-refractivity contribution is 6.31. The van der Waals surface area contributed by atoms with Gasteiger partial charge in [0.05, 0.1) is 10.9 Å². The summed E-state index contributed by atoms with van der Waals surface area (Å²) in [5.41, 5.74) is 0.317. The number of likely N-dealkylation sites (tertiary alicyclic amines) is 1. The van der Waals surface area contributed by atoms with Crippen LogP contribution in [0.2, 0.25) is 5.02 Å². The van der Waals surface area contributed by atoms with E-state index in [0.717, 1.165) is 6.07 Å². The first-order valence-corrected chi connectivity index (χ1v) is 6.75. The first-order valence-electron chi connectivity index (χ1n) is 6.37. The van der Waals surface area contributed by atoms with Crippen molar-refractivity contribution in [3.05, 3.63) is 34.6 Å². The standard InChI is InChI=1S/C14H15ClFNO3/c1-8-7-17(5-4-10(8)14(19)20)13(18)9-2-3-12(16)11(15)6-9/h2-3,6,8,10H,4-5,7H2,1H3,(H,19,20). The molecule has 1 aromatic carbocycles. The summed E-state index contributed by atoms with van der Waals surface area (Å²) >= 11 is 5.67. The van der Waals surface area contributed by atoms with Gasteiger partial charge in [-0.05, 0) is 30.5 Å². The van der Waals surface area contributed by atoms with E-state index in [1.807, 2.05) is 6.92 Å². The van der Waals surface area contributed by atoms with Gasteiger partial charge in [0.2, 0.25) is 0 Å². The molecule has 2 atom stereocenters. The second kappa shape index (κ2) is 5.79. The van der Waals surface area contributed by atoms with Gasteiger partial charge in [-0.2, -0.15) is 0 Å². The quantitative estimate of drug-likeness (QED) is 0.913. The fourth-order valence-corrected chi connectivity index (χ4v) is 2.69. The molecule has 0 saturated carbocycles. The molecule has 1 heterocycles. The summed E-state index contributed by atoms with van der Waals surface area (Å²) in [6, 6.07) is 3.84. The van der Waals surface area contributed by atoms with Crippen LogP contribution in [0.15, 0.2) is 18.2 Å². The summed E-state index contributed by atoms with van der Waals surface area (Å²) in [5.74, 6) is -2.17. The molecule has 108 valence electrons. The van der Waals surface area contributed by atoms with Crippen molar-refractivity contribution >= 4 is 23.5 Å². The Bertz CT molecular complexity index is 549. The Balaban J connectivity index is 2.11. The first-order chi connectivity index (χ1) is 9.40. The lowest BCUT2D eigenvalue weighted by atomic mass is 9.87. The minimum Gasteiger partial charge on any atom is -0.481 e. The van der Waals surface area contributed by atoms with Gasteiger partial charge in [-0.1, -0.05) is 18.5 Å². The molecule has 1 fully saturated rings. The molecule has 0 aromatic heterocycles. The van der Waals surface area contributed by atoms with Gasteiger partial charge >= 0.3 is 5.97 Å². The fourth-order valence-electron chi connectivity index (χ4n) is 2.51. The van der Waals surface area contributed by atoms with E-state index in [9.17, 15) is 14.0 Å². The van der Waals surface area contributed by atoms with Gasteiger partial charge in [-0.25, -0.2) is 4.39 Å². The molecule has 2 unspecified atom stereocenters. The molecule has 0 spiro atoms. The second-order valence-corrected chi connectivity index (χ2v) is 5.50. The van der Waals surface area contributed by atoms with Crippen molar-refractivity contribution in [1.29, 1.82) is 0 Å². The van der Waals surface area contributed by atoms with Crippen LogP contribution in [0.25, 0.3) is 0 Å². The molecular formula is C14H15ClFNO3. The number of rotatable bonds is 2. The zero-order chi connectivity index (χ0) is 14.9. The summed E-state index contributed by atoms with van der Waals surface area (Å²) < 4.78 is 13.1. The number of nitrogens with zero attached hydrogens (tertiary/aromatic N) is 1. The van der Waals surface area contributed by atoms with Crippen molar-refractivity contribution < 1.29 is 19.1 Å². The predicted molar refractivity (Wildman–Crippen MR) is 72.2 cm³/mol. The minimum absolute atomic E-state index is 0.0932. The largest absolute Gasteiger partial charge is 0.481 e.